The zero-order chi connectivity index (χ0) is 27.3. The van der Waals surface area contributed by atoms with Gasteiger partial charge in [-0.05, 0) is 43.7 Å². The molecule has 3 atom stereocenters. The van der Waals surface area contributed by atoms with Gasteiger partial charge in [0.1, 0.15) is 6.04 Å². The van der Waals surface area contributed by atoms with Gasteiger partial charge >= 0.3 is 0 Å². The Kier molecular flexibility index (Phi) is 8.94. The molecule has 1 aliphatic carbocycles. The summed E-state index contributed by atoms with van der Waals surface area (Å²) < 4.78 is 28.3. The number of allylic oxidation sites excluding steroid dienone is 4. The Balaban J connectivity index is 1.49. The third kappa shape index (κ3) is 7.05. The van der Waals surface area contributed by atoms with Crippen molar-refractivity contribution in [1.82, 2.24) is 14.9 Å². The molecule has 10 heteroatoms. The van der Waals surface area contributed by atoms with E-state index in [1.54, 1.807) is 11.8 Å². The summed E-state index contributed by atoms with van der Waals surface area (Å²) in [6.45, 7) is 6.20. The van der Waals surface area contributed by atoms with Crippen molar-refractivity contribution in [2.24, 2.45) is 15.9 Å². The summed E-state index contributed by atoms with van der Waals surface area (Å²) in [6.07, 6.45) is 8.31. The van der Waals surface area contributed by atoms with Gasteiger partial charge in [-0.1, -0.05) is 56.3 Å². The number of sulfonamides is 1. The predicted molar refractivity (Wildman–Crippen MR) is 149 cm³/mol. The van der Waals surface area contributed by atoms with Crippen LogP contribution in [0, 0.1) is 5.92 Å². The van der Waals surface area contributed by atoms with Gasteiger partial charge in [0.15, 0.2) is 5.84 Å². The number of likely N-dealkylation sites (tertiary alicyclic amines) is 1. The number of carbonyl (C=O) groups excluding carboxylic acids is 2. The third-order valence-electron chi connectivity index (χ3n) is 6.97. The molecule has 38 heavy (non-hydrogen) atoms. The molecule has 0 radical (unpaired) electrons. The number of nitrogens with zero attached hydrogens (tertiary/aromatic N) is 3. The lowest BCUT2D eigenvalue weighted by Gasteiger charge is -2.27. The summed E-state index contributed by atoms with van der Waals surface area (Å²) in [7, 11) is -3.78. The van der Waals surface area contributed by atoms with E-state index in [0.717, 1.165) is 29.8 Å². The smallest absolute Gasteiger partial charge is 0.239 e. The van der Waals surface area contributed by atoms with Crippen LogP contribution in [0.25, 0.3) is 0 Å². The van der Waals surface area contributed by atoms with Gasteiger partial charge in [0.05, 0.1) is 35.7 Å². The van der Waals surface area contributed by atoms with E-state index in [1.807, 2.05) is 62.4 Å². The minimum atomic E-state index is -3.78. The third-order valence-corrected chi connectivity index (χ3v) is 8.38. The normalized spacial score (nSPS) is 20.5. The van der Waals surface area contributed by atoms with Crippen molar-refractivity contribution in [3.8, 4) is 0 Å². The number of hydrogen-bond donors (Lipinski definition) is 2. The van der Waals surface area contributed by atoms with Crippen LogP contribution in [0.4, 0.5) is 0 Å². The van der Waals surface area contributed by atoms with Gasteiger partial charge in [-0.3, -0.25) is 9.59 Å². The second-order valence-electron chi connectivity index (χ2n) is 10.5. The summed E-state index contributed by atoms with van der Waals surface area (Å²) in [6, 6.07) is 7.91. The monoisotopic (exact) mass is 539 g/mol. The number of nitrogens with one attached hydrogen (secondary N) is 2. The fourth-order valence-corrected chi connectivity index (χ4v) is 6.36. The standard InChI is InChI=1S/C28H37N5O4S/c1-19(2)15-17-38(36,37)32-24(18-26(34)33-16-9-14-25(33)21-10-5-4-6-11-21)28(35)29-20(3)27-30-22-12-7-8-13-23(22)31-27/h4-8,10-12,19-20,24-25,32H,9,13-18H2,1-3H3,(H,29,35)/t20-,24-,25+/m0/s1. The average Bonchev–Trinajstić information content (AvgIpc) is 3.55. The molecule has 204 valence electrons. The Morgan fingerprint density at radius 2 is 1.89 bits per heavy atom. The maximum absolute atomic E-state index is 13.5. The molecule has 4 rings (SSSR count). The van der Waals surface area contributed by atoms with Crippen molar-refractivity contribution in [1.29, 1.82) is 0 Å². The molecule has 2 aliphatic heterocycles. The van der Waals surface area contributed by atoms with E-state index < -0.39 is 28.0 Å². The van der Waals surface area contributed by atoms with Crippen LogP contribution >= 0.6 is 0 Å². The van der Waals surface area contributed by atoms with E-state index in [0.29, 0.717) is 25.2 Å². The Bertz CT molecular complexity index is 1270. The quantitative estimate of drug-likeness (QED) is 0.448. The van der Waals surface area contributed by atoms with Crippen molar-refractivity contribution < 1.29 is 18.0 Å². The van der Waals surface area contributed by atoms with Gasteiger partial charge in [-0.15, -0.1) is 0 Å². The van der Waals surface area contributed by atoms with Gasteiger partial charge in [-0.2, -0.15) is 0 Å². The summed E-state index contributed by atoms with van der Waals surface area (Å²) in [5.74, 6) is -0.296. The summed E-state index contributed by atoms with van der Waals surface area (Å²) in [5, 5.41) is 2.84. The summed E-state index contributed by atoms with van der Waals surface area (Å²) in [5.41, 5.74) is 2.64. The molecule has 0 bridgehead atoms. The summed E-state index contributed by atoms with van der Waals surface area (Å²) in [4.78, 5) is 37.7. The number of carbonyl (C=O) groups is 2. The minimum absolute atomic E-state index is 0.0854. The number of rotatable bonds is 11. The predicted octanol–water partition coefficient (Wildman–Crippen LogP) is 3.28. The first-order valence-electron chi connectivity index (χ1n) is 13.3. The zero-order valence-corrected chi connectivity index (χ0v) is 23.1. The highest BCUT2D eigenvalue weighted by atomic mass is 32.2. The number of hydrogen-bond acceptors (Lipinski definition) is 6. The second-order valence-corrected chi connectivity index (χ2v) is 12.3. The van der Waals surface area contributed by atoms with Crippen LogP contribution < -0.4 is 10.0 Å². The van der Waals surface area contributed by atoms with E-state index in [2.05, 4.69) is 20.0 Å². The number of amidine groups is 1. The van der Waals surface area contributed by atoms with Gasteiger partial charge in [0, 0.05) is 13.0 Å². The lowest BCUT2D eigenvalue weighted by atomic mass is 10.0. The van der Waals surface area contributed by atoms with Crippen LogP contribution in [0.1, 0.15) is 64.5 Å². The number of benzene rings is 1. The Labute approximate surface area is 225 Å². The molecule has 1 aromatic rings. The van der Waals surface area contributed by atoms with Crippen LogP contribution in [-0.4, -0.2) is 61.1 Å². The fraction of sp³-hybridized carbons (Fsp3) is 0.500. The Morgan fingerprint density at radius 3 is 2.61 bits per heavy atom. The number of amides is 2. The molecular formula is C28H37N5O4S. The number of aliphatic imine (C=N–C) groups is 2. The Morgan fingerprint density at radius 1 is 1.13 bits per heavy atom. The topological polar surface area (TPSA) is 120 Å². The summed E-state index contributed by atoms with van der Waals surface area (Å²) >= 11 is 0. The molecular weight excluding hydrogens is 502 g/mol. The van der Waals surface area contributed by atoms with Gasteiger partial charge in [0.2, 0.25) is 21.8 Å². The highest BCUT2D eigenvalue weighted by molar-refractivity contribution is 7.89. The molecule has 2 heterocycles. The lowest BCUT2D eigenvalue weighted by Crippen LogP contribution is -2.52. The average molecular weight is 540 g/mol. The molecule has 1 aromatic carbocycles. The van der Waals surface area contributed by atoms with Crippen LogP contribution in [-0.2, 0) is 19.6 Å². The fourth-order valence-electron chi connectivity index (χ4n) is 4.84. The maximum Gasteiger partial charge on any atom is 0.239 e. The van der Waals surface area contributed by atoms with Crippen LogP contribution in [0.3, 0.4) is 0 Å². The zero-order valence-electron chi connectivity index (χ0n) is 22.3. The van der Waals surface area contributed by atoms with Crippen molar-refractivity contribution in [3.05, 3.63) is 59.8 Å². The van der Waals surface area contributed by atoms with Crippen LogP contribution in [0.2, 0.25) is 0 Å². The molecule has 0 spiro atoms. The second kappa shape index (κ2) is 12.2. The van der Waals surface area contributed by atoms with E-state index in [-0.39, 0.29) is 30.0 Å². The number of fused-ring (bicyclic) bond motifs is 1. The van der Waals surface area contributed by atoms with Crippen LogP contribution in [0.5, 0.6) is 0 Å². The van der Waals surface area contributed by atoms with E-state index in [9.17, 15) is 18.0 Å². The highest BCUT2D eigenvalue weighted by Crippen LogP contribution is 2.32. The molecule has 2 N–H and O–H groups in total. The molecule has 0 aromatic heterocycles. The van der Waals surface area contributed by atoms with Gasteiger partial charge in [0.25, 0.3) is 0 Å². The molecule has 1 saturated heterocycles. The maximum atomic E-state index is 13.5. The van der Waals surface area contributed by atoms with Gasteiger partial charge in [-0.25, -0.2) is 23.1 Å². The first-order chi connectivity index (χ1) is 18.1. The molecule has 0 unspecified atom stereocenters. The van der Waals surface area contributed by atoms with Gasteiger partial charge < -0.3 is 10.2 Å². The lowest BCUT2D eigenvalue weighted by molar-refractivity contribution is -0.135. The largest absolute Gasteiger partial charge is 0.345 e. The van der Waals surface area contributed by atoms with Crippen molar-refractivity contribution >= 4 is 33.4 Å². The first-order valence-corrected chi connectivity index (χ1v) is 15.0. The minimum Gasteiger partial charge on any atom is -0.345 e. The van der Waals surface area contributed by atoms with Crippen molar-refractivity contribution in [2.75, 3.05) is 12.3 Å². The van der Waals surface area contributed by atoms with E-state index in [4.69, 9.17) is 0 Å². The Hall–Kier alpha value is -3.11. The molecule has 1 fully saturated rings. The SMILES string of the molecule is CC(C)CCS(=O)(=O)N[C@@H](CC(=O)N1CCC[C@@H]1c1ccccc1)C(=O)N[C@@H](C)C1=NC2=CC=CCC2=N1. The van der Waals surface area contributed by atoms with Crippen LogP contribution in [0.15, 0.2) is 64.2 Å². The highest BCUT2D eigenvalue weighted by Gasteiger charge is 2.35. The molecule has 0 saturated carbocycles. The molecule has 3 aliphatic rings. The molecule has 9 nitrogen and oxygen atoms in total. The van der Waals surface area contributed by atoms with Crippen molar-refractivity contribution in [2.45, 2.75) is 71.0 Å². The van der Waals surface area contributed by atoms with E-state index >= 15 is 0 Å². The van der Waals surface area contributed by atoms with E-state index in [1.165, 1.54) is 0 Å². The molecule has 2 amide bonds. The first kappa shape index (κ1) is 27.9. The van der Waals surface area contributed by atoms with Crippen molar-refractivity contribution in [3.63, 3.8) is 0 Å².